The number of rotatable bonds is 12. The number of halogens is 3. The monoisotopic (exact) mass is 500 g/mol. The molecule has 1 aliphatic carbocycles. The van der Waals surface area contributed by atoms with Crippen LogP contribution in [0.1, 0.15) is 51.8 Å². The number of thiazole rings is 1. The Hall–Kier alpha value is -2.70. The summed E-state index contributed by atoms with van der Waals surface area (Å²) < 4.78 is 40.1. The summed E-state index contributed by atoms with van der Waals surface area (Å²) in [5, 5.41) is 18.6. The van der Waals surface area contributed by atoms with Gasteiger partial charge in [-0.25, -0.2) is 4.98 Å². The van der Waals surface area contributed by atoms with Gasteiger partial charge in [0.15, 0.2) is 5.13 Å². The van der Waals surface area contributed by atoms with Crippen molar-refractivity contribution in [2.24, 2.45) is 5.92 Å². The van der Waals surface area contributed by atoms with Gasteiger partial charge in [-0.1, -0.05) is 24.3 Å². The normalized spacial score (nSPS) is 14.5. The molecular weight excluding hydrogens is 473 g/mol. The summed E-state index contributed by atoms with van der Waals surface area (Å²) in [7, 11) is 0. The van der Waals surface area contributed by atoms with Crippen LogP contribution in [0.5, 0.6) is 0 Å². The summed E-state index contributed by atoms with van der Waals surface area (Å²) in [6, 6.07) is 3.83. The van der Waals surface area contributed by atoms with Crippen LogP contribution in [0, 0.1) is 5.92 Å². The smallest absolute Gasteiger partial charge is 0.394 e. The number of carbonyl (C=O) groups excluding carboxylic acids is 2. The van der Waals surface area contributed by atoms with E-state index in [0.29, 0.717) is 28.0 Å². The lowest BCUT2D eigenvalue weighted by atomic mass is 10.1. The highest BCUT2D eigenvalue weighted by atomic mass is 32.1. The number of aliphatic hydroxyl groups is 1. The van der Waals surface area contributed by atoms with E-state index in [0.717, 1.165) is 12.1 Å². The number of carbonyl (C=O) groups is 2. The summed E-state index contributed by atoms with van der Waals surface area (Å²) in [4.78, 5) is 30.0. The van der Waals surface area contributed by atoms with Crippen molar-refractivity contribution < 1.29 is 32.6 Å². The van der Waals surface area contributed by atoms with Gasteiger partial charge in [0.1, 0.15) is 4.88 Å². The number of ether oxygens (including phenoxy) is 1. The molecule has 1 atom stereocenters. The Morgan fingerprint density at radius 2 is 2.06 bits per heavy atom. The molecule has 0 spiro atoms. The van der Waals surface area contributed by atoms with E-state index in [-0.39, 0.29) is 17.9 Å². The number of aromatic nitrogens is 1. The van der Waals surface area contributed by atoms with Gasteiger partial charge in [0, 0.05) is 17.8 Å². The van der Waals surface area contributed by atoms with Crippen LogP contribution in [0.15, 0.2) is 24.4 Å². The van der Waals surface area contributed by atoms with Crippen LogP contribution in [0.25, 0.3) is 0 Å². The molecule has 2 amide bonds. The largest absolute Gasteiger partial charge is 0.522 e. The molecule has 3 rings (SSSR count). The van der Waals surface area contributed by atoms with E-state index in [9.17, 15) is 27.9 Å². The van der Waals surface area contributed by atoms with Crippen molar-refractivity contribution >= 4 is 34.0 Å². The van der Waals surface area contributed by atoms with Crippen LogP contribution in [-0.2, 0) is 11.2 Å². The van der Waals surface area contributed by atoms with Crippen molar-refractivity contribution in [2.45, 2.75) is 45.0 Å². The average Bonchev–Trinajstić information content (AvgIpc) is 3.50. The molecule has 12 heteroatoms. The fourth-order valence-electron chi connectivity index (χ4n) is 3.14. The van der Waals surface area contributed by atoms with Crippen LogP contribution < -0.4 is 16.0 Å². The van der Waals surface area contributed by atoms with Crippen molar-refractivity contribution in [1.82, 2.24) is 10.3 Å². The van der Waals surface area contributed by atoms with Gasteiger partial charge in [-0.2, -0.15) is 0 Å². The SMILES string of the molecule is CCc1ccc(C(=O)NC(CO)CCOC(F)(F)F)cc1NC(=O)c1cnc(NCC2CC2)s1. The van der Waals surface area contributed by atoms with Gasteiger partial charge < -0.3 is 21.1 Å². The molecule has 1 saturated carbocycles. The van der Waals surface area contributed by atoms with Gasteiger partial charge in [-0.05, 0) is 49.3 Å². The first-order valence-corrected chi connectivity index (χ1v) is 11.8. The molecule has 1 aromatic heterocycles. The predicted octanol–water partition coefficient (Wildman–Crippen LogP) is 3.80. The molecule has 1 unspecified atom stereocenters. The molecule has 1 fully saturated rings. The summed E-state index contributed by atoms with van der Waals surface area (Å²) in [5.41, 5.74) is 1.44. The molecule has 0 bridgehead atoms. The number of aliphatic hydroxyl groups excluding tert-OH is 1. The molecule has 2 aromatic rings. The number of hydrogen-bond donors (Lipinski definition) is 4. The average molecular weight is 501 g/mol. The lowest BCUT2D eigenvalue weighted by Gasteiger charge is -2.18. The first-order valence-electron chi connectivity index (χ1n) is 10.9. The van der Waals surface area contributed by atoms with Crippen molar-refractivity contribution in [1.29, 1.82) is 0 Å². The third-order valence-electron chi connectivity index (χ3n) is 5.26. The topological polar surface area (TPSA) is 113 Å². The molecule has 0 aliphatic heterocycles. The highest BCUT2D eigenvalue weighted by molar-refractivity contribution is 7.17. The molecule has 186 valence electrons. The number of nitrogens with zero attached hydrogens (tertiary/aromatic N) is 1. The zero-order valence-electron chi connectivity index (χ0n) is 18.6. The third-order valence-corrected chi connectivity index (χ3v) is 6.21. The van der Waals surface area contributed by atoms with Crippen molar-refractivity contribution in [3.8, 4) is 0 Å². The second kappa shape index (κ2) is 11.6. The van der Waals surface area contributed by atoms with Gasteiger partial charge in [0.2, 0.25) is 0 Å². The maximum absolute atomic E-state index is 12.7. The molecule has 4 N–H and O–H groups in total. The summed E-state index contributed by atoms with van der Waals surface area (Å²) >= 11 is 1.24. The number of hydrogen-bond acceptors (Lipinski definition) is 7. The Morgan fingerprint density at radius 1 is 1.29 bits per heavy atom. The zero-order valence-corrected chi connectivity index (χ0v) is 19.4. The van der Waals surface area contributed by atoms with E-state index in [4.69, 9.17) is 0 Å². The fourth-order valence-corrected chi connectivity index (χ4v) is 3.85. The van der Waals surface area contributed by atoms with Crippen molar-refractivity contribution in [2.75, 3.05) is 30.4 Å². The minimum absolute atomic E-state index is 0.193. The third kappa shape index (κ3) is 7.96. The Balaban J connectivity index is 1.62. The number of aryl methyl sites for hydroxylation is 1. The molecular formula is C22H27F3N4O4S. The van der Waals surface area contributed by atoms with Crippen molar-refractivity contribution in [3.05, 3.63) is 40.4 Å². The highest BCUT2D eigenvalue weighted by Crippen LogP contribution is 2.30. The van der Waals surface area contributed by atoms with Crippen molar-refractivity contribution in [3.63, 3.8) is 0 Å². The quantitative estimate of drug-likeness (QED) is 0.353. The maximum atomic E-state index is 12.7. The molecule has 0 saturated heterocycles. The van der Waals surface area contributed by atoms with E-state index < -0.39 is 31.5 Å². The zero-order chi connectivity index (χ0) is 24.7. The second-order valence-corrected chi connectivity index (χ2v) is 9.00. The van der Waals surface area contributed by atoms with E-state index in [1.807, 2.05) is 6.92 Å². The van der Waals surface area contributed by atoms with Crippen LogP contribution in [0.3, 0.4) is 0 Å². The number of alkyl halides is 3. The summed E-state index contributed by atoms with van der Waals surface area (Å²) in [6.45, 7) is 1.49. The molecule has 1 heterocycles. The number of nitrogens with one attached hydrogen (secondary N) is 3. The number of amides is 2. The minimum atomic E-state index is -4.78. The molecule has 8 nitrogen and oxygen atoms in total. The summed E-state index contributed by atoms with van der Waals surface area (Å²) in [6.07, 6.45) is -0.500. The highest BCUT2D eigenvalue weighted by Gasteiger charge is 2.29. The predicted molar refractivity (Wildman–Crippen MR) is 122 cm³/mol. The Labute approximate surface area is 198 Å². The summed E-state index contributed by atoms with van der Waals surface area (Å²) in [5.74, 6) is -0.278. The second-order valence-electron chi connectivity index (χ2n) is 7.97. The van der Waals surface area contributed by atoms with E-state index in [2.05, 4.69) is 25.7 Å². The molecule has 34 heavy (non-hydrogen) atoms. The Bertz CT molecular complexity index is 995. The van der Waals surface area contributed by atoms with Gasteiger partial charge in [0.05, 0.1) is 25.5 Å². The first kappa shape index (κ1) is 25.9. The van der Waals surface area contributed by atoms with Gasteiger partial charge in [0.25, 0.3) is 11.8 Å². The molecule has 0 radical (unpaired) electrons. The number of benzene rings is 1. The van der Waals surface area contributed by atoms with E-state index in [1.54, 1.807) is 12.1 Å². The Kier molecular flexibility index (Phi) is 8.86. The maximum Gasteiger partial charge on any atom is 0.522 e. The van der Waals surface area contributed by atoms with Crippen LogP contribution in [-0.4, -0.2) is 54.1 Å². The van der Waals surface area contributed by atoms with Gasteiger partial charge in [-0.3, -0.25) is 14.3 Å². The van der Waals surface area contributed by atoms with Gasteiger partial charge >= 0.3 is 6.36 Å². The minimum Gasteiger partial charge on any atom is -0.394 e. The fraction of sp³-hybridized carbons (Fsp3) is 0.500. The Morgan fingerprint density at radius 3 is 2.71 bits per heavy atom. The number of anilines is 2. The first-order chi connectivity index (χ1) is 16.2. The lowest BCUT2D eigenvalue weighted by molar-refractivity contribution is -0.325. The van der Waals surface area contributed by atoms with Crippen LogP contribution in [0.2, 0.25) is 0 Å². The van der Waals surface area contributed by atoms with Crippen LogP contribution in [0.4, 0.5) is 24.0 Å². The van der Waals surface area contributed by atoms with Gasteiger partial charge in [-0.15, -0.1) is 13.2 Å². The van der Waals surface area contributed by atoms with E-state index in [1.165, 1.54) is 36.4 Å². The van der Waals surface area contributed by atoms with E-state index >= 15 is 0 Å². The standard InChI is InChI=1S/C22H27F3N4O4S/c1-2-14-5-6-15(19(31)28-16(12-30)7-8-33-22(23,24)25)9-17(14)29-20(32)18-11-27-21(34-18)26-10-13-3-4-13/h5-6,9,11,13,16,30H,2-4,7-8,10,12H2,1H3,(H,26,27)(H,28,31)(H,29,32). The van der Waals surface area contributed by atoms with Crippen LogP contribution >= 0.6 is 11.3 Å². The molecule has 1 aliphatic rings. The lowest BCUT2D eigenvalue weighted by Crippen LogP contribution is -2.38. The molecule has 1 aromatic carbocycles.